The molecule has 0 bridgehead atoms. The number of ether oxygens (including phenoxy) is 6. The summed E-state index contributed by atoms with van der Waals surface area (Å²) in [6.07, 6.45) is -24.5. The molecule has 3 aliphatic rings. The summed E-state index contributed by atoms with van der Waals surface area (Å²) in [6.45, 7) is -2.43. The van der Waals surface area contributed by atoms with Gasteiger partial charge in [-0.3, -0.25) is 0 Å². The van der Waals surface area contributed by atoms with Crippen LogP contribution < -0.4 is 10.6 Å². The SMILES string of the molecule is C[NH+](O)NCOC1OC(COC2OC(CO)C(O)C(OC3OC(CO)C(O)C(O)C3O)C2O)C(O)C(O)C1O. The summed E-state index contributed by atoms with van der Waals surface area (Å²) in [5, 5.41) is 110. The summed E-state index contributed by atoms with van der Waals surface area (Å²) in [7, 11) is 1.33. The molecule has 19 heteroatoms. The number of nitrogens with one attached hydrogen (secondary N) is 2. The minimum atomic E-state index is -1.85. The predicted octanol–water partition coefficient (Wildman–Crippen LogP) is -9.18. The highest BCUT2D eigenvalue weighted by molar-refractivity contribution is 4.95. The Labute approximate surface area is 221 Å². The largest absolute Gasteiger partial charge is 0.394 e. The van der Waals surface area contributed by atoms with Gasteiger partial charge in [-0.25, -0.2) is 0 Å². The van der Waals surface area contributed by atoms with Crippen LogP contribution in [0.15, 0.2) is 0 Å². The third-order valence-corrected chi connectivity index (χ3v) is 6.63. The van der Waals surface area contributed by atoms with Crippen LogP contribution in [0.4, 0.5) is 0 Å². The summed E-state index contributed by atoms with van der Waals surface area (Å²) < 4.78 is 32.2. The number of aliphatic hydroxyl groups excluding tert-OH is 10. The van der Waals surface area contributed by atoms with Gasteiger partial charge in [0.2, 0.25) is 0 Å². The summed E-state index contributed by atoms with van der Waals surface area (Å²) in [5.74, 6) is 0. The van der Waals surface area contributed by atoms with Crippen molar-refractivity contribution in [3.8, 4) is 0 Å². The Balaban J connectivity index is 1.66. The zero-order chi connectivity index (χ0) is 29.0. The highest BCUT2D eigenvalue weighted by Gasteiger charge is 2.51. The highest BCUT2D eigenvalue weighted by atomic mass is 16.7. The van der Waals surface area contributed by atoms with Crippen molar-refractivity contribution in [2.24, 2.45) is 0 Å². The van der Waals surface area contributed by atoms with Crippen molar-refractivity contribution in [2.75, 3.05) is 33.6 Å². The molecule has 0 saturated carbocycles. The normalized spacial score (nSPS) is 48.2. The van der Waals surface area contributed by atoms with Crippen molar-refractivity contribution in [2.45, 2.75) is 92.1 Å². The number of aliphatic hydroxyl groups is 10. The molecule has 0 aromatic rings. The van der Waals surface area contributed by atoms with Crippen molar-refractivity contribution in [3.63, 3.8) is 0 Å². The van der Waals surface area contributed by atoms with Gasteiger partial charge in [-0.15, -0.1) is 10.6 Å². The van der Waals surface area contributed by atoms with Crippen LogP contribution in [0.5, 0.6) is 0 Å². The van der Waals surface area contributed by atoms with Crippen LogP contribution in [-0.4, -0.2) is 182 Å². The van der Waals surface area contributed by atoms with Gasteiger partial charge in [0, 0.05) is 0 Å². The molecule has 0 aliphatic carbocycles. The average Bonchev–Trinajstić information content (AvgIpc) is 2.90. The zero-order valence-corrected chi connectivity index (χ0v) is 20.9. The third kappa shape index (κ3) is 7.55. The number of hydrogen-bond acceptors (Lipinski definition) is 18. The van der Waals surface area contributed by atoms with E-state index >= 15 is 0 Å². The first kappa shape index (κ1) is 32.8. The molecule has 39 heavy (non-hydrogen) atoms. The molecule has 0 radical (unpaired) electrons. The van der Waals surface area contributed by atoms with E-state index in [2.05, 4.69) is 5.43 Å². The fourth-order valence-corrected chi connectivity index (χ4v) is 4.30. The van der Waals surface area contributed by atoms with Gasteiger partial charge in [-0.05, 0) is 0 Å². The van der Waals surface area contributed by atoms with Crippen LogP contribution in [0.2, 0.25) is 0 Å². The van der Waals surface area contributed by atoms with E-state index in [1.54, 1.807) is 0 Å². The van der Waals surface area contributed by atoms with Gasteiger partial charge in [-0.2, -0.15) is 5.21 Å². The minimum Gasteiger partial charge on any atom is -0.394 e. The van der Waals surface area contributed by atoms with Crippen molar-refractivity contribution >= 4 is 0 Å². The maximum absolute atomic E-state index is 10.8. The van der Waals surface area contributed by atoms with E-state index in [1.165, 1.54) is 7.05 Å². The molecule has 3 rings (SSSR count). The second-order valence-electron chi connectivity index (χ2n) is 9.43. The molecule has 3 saturated heterocycles. The van der Waals surface area contributed by atoms with Crippen LogP contribution in [-0.2, 0) is 28.4 Å². The van der Waals surface area contributed by atoms with Crippen LogP contribution >= 0.6 is 0 Å². The summed E-state index contributed by atoms with van der Waals surface area (Å²) in [5.41, 5.74) is 2.41. The topological polar surface area (TPSA) is 294 Å². The van der Waals surface area contributed by atoms with E-state index in [4.69, 9.17) is 28.4 Å². The molecule has 3 aliphatic heterocycles. The molecule has 16 unspecified atom stereocenters. The fourth-order valence-electron chi connectivity index (χ4n) is 4.30. The summed E-state index contributed by atoms with van der Waals surface area (Å²) in [6, 6.07) is 0. The quantitative estimate of drug-likeness (QED) is 0.0798. The molecular weight excluding hydrogens is 540 g/mol. The van der Waals surface area contributed by atoms with E-state index in [0.717, 1.165) is 0 Å². The van der Waals surface area contributed by atoms with Gasteiger partial charge < -0.3 is 79.5 Å². The standard InChI is InChI=1S/C20H38N2O17/c1-22(33)21-5-35-18-14(30)13(29)10(26)8(38-18)4-34-19-16(32)17(11(27)7(3-24)36-19)39-20-15(31)12(28)9(25)6(2-23)37-20/h6-21,23-33H,2-5H2,1H3/p+1. The maximum atomic E-state index is 10.8. The monoisotopic (exact) mass is 579 g/mol. The zero-order valence-electron chi connectivity index (χ0n) is 20.9. The molecule has 0 amide bonds. The van der Waals surface area contributed by atoms with Gasteiger partial charge in [-0.1, -0.05) is 0 Å². The molecule has 0 spiro atoms. The molecule has 3 heterocycles. The molecule has 3 fully saturated rings. The Kier molecular flexibility index (Phi) is 12.1. The Morgan fingerprint density at radius 3 is 1.69 bits per heavy atom. The predicted molar refractivity (Wildman–Crippen MR) is 117 cm³/mol. The molecule has 19 nitrogen and oxygen atoms in total. The van der Waals surface area contributed by atoms with E-state index < -0.39 is 112 Å². The van der Waals surface area contributed by atoms with Crippen LogP contribution in [0, 0.1) is 0 Å². The number of quaternary nitrogens is 1. The Hall–Kier alpha value is -0.760. The molecule has 0 aromatic heterocycles. The van der Waals surface area contributed by atoms with Crippen molar-refractivity contribution in [1.29, 1.82) is 0 Å². The van der Waals surface area contributed by atoms with Crippen molar-refractivity contribution in [1.82, 2.24) is 5.43 Å². The van der Waals surface area contributed by atoms with E-state index in [-0.39, 0.29) is 11.9 Å². The average molecular weight is 580 g/mol. The fraction of sp³-hybridized carbons (Fsp3) is 1.00. The van der Waals surface area contributed by atoms with Crippen molar-refractivity contribution < 1.29 is 89.9 Å². The molecule has 0 aromatic carbocycles. The third-order valence-electron chi connectivity index (χ3n) is 6.63. The minimum absolute atomic E-state index is 0.190. The lowest BCUT2D eigenvalue weighted by atomic mass is 9.97. The molecule has 230 valence electrons. The molecule has 13 N–H and O–H groups in total. The highest BCUT2D eigenvalue weighted by Crippen LogP contribution is 2.30. The van der Waals surface area contributed by atoms with Gasteiger partial charge >= 0.3 is 0 Å². The van der Waals surface area contributed by atoms with Crippen molar-refractivity contribution in [3.05, 3.63) is 0 Å². The molecule has 16 atom stereocenters. The van der Waals surface area contributed by atoms with Crippen LogP contribution in [0.25, 0.3) is 0 Å². The Bertz CT molecular complexity index is 738. The van der Waals surface area contributed by atoms with Gasteiger partial charge in [0.1, 0.15) is 87.0 Å². The maximum Gasteiger partial charge on any atom is 0.188 e. The van der Waals surface area contributed by atoms with E-state index in [9.17, 15) is 56.3 Å². The number of hydroxylamine groups is 1. The Morgan fingerprint density at radius 1 is 0.615 bits per heavy atom. The number of rotatable bonds is 11. The lowest BCUT2D eigenvalue weighted by Gasteiger charge is -2.46. The lowest BCUT2D eigenvalue weighted by molar-refractivity contribution is -1.11. The number of hydrogen-bond donors (Lipinski definition) is 13. The van der Waals surface area contributed by atoms with Gasteiger partial charge in [0.05, 0.1) is 19.8 Å². The van der Waals surface area contributed by atoms with E-state index in [1.807, 2.05) is 0 Å². The second kappa shape index (κ2) is 14.4. The van der Waals surface area contributed by atoms with Gasteiger partial charge in [0.25, 0.3) is 0 Å². The van der Waals surface area contributed by atoms with Crippen LogP contribution in [0.1, 0.15) is 0 Å². The first-order valence-electron chi connectivity index (χ1n) is 12.2. The smallest absolute Gasteiger partial charge is 0.188 e. The lowest BCUT2D eigenvalue weighted by Crippen LogP contribution is -3.13. The van der Waals surface area contributed by atoms with Crippen LogP contribution in [0.3, 0.4) is 0 Å². The Morgan fingerprint density at radius 2 is 1.10 bits per heavy atom. The first-order chi connectivity index (χ1) is 18.4. The summed E-state index contributed by atoms with van der Waals surface area (Å²) >= 11 is 0. The molecular formula is C20H39N2O17+. The first-order valence-corrected chi connectivity index (χ1v) is 12.2. The van der Waals surface area contributed by atoms with Gasteiger partial charge in [0.15, 0.2) is 18.9 Å². The second-order valence-corrected chi connectivity index (χ2v) is 9.43. The summed E-state index contributed by atoms with van der Waals surface area (Å²) in [4.78, 5) is 0. The van der Waals surface area contributed by atoms with E-state index in [0.29, 0.717) is 0 Å².